The summed E-state index contributed by atoms with van der Waals surface area (Å²) in [6, 6.07) is 0.600. The molecule has 1 unspecified atom stereocenters. The van der Waals surface area contributed by atoms with Crippen molar-refractivity contribution in [3.8, 4) is 0 Å². The molecule has 3 N–H and O–H groups in total. The molecule has 1 atom stereocenters. The second-order valence-electron chi connectivity index (χ2n) is 6.50. The van der Waals surface area contributed by atoms with Crippen LogP contribution in [0.15, 0.2) is 0 Å². The van der Waals surface area contributed by atoms with Gasteiger partial charge in [0.1, 0.15) is 0 Å². The van der Waals surface area contributed by atoms with E-state index in [1.54, 1.807) is 0 Å². The first kappa shape index (κ1) is 17.4. The highest BCUT2D eigenvalue weighted by Crippen LogP contribution is 2.25. The summed E-state index contributed by atoms with van der Waals surface area (Å²) >= 11 is 0. The lowest BCUT2D eigenvalue weighted by atomic mass is 9.81. The molecule has 0 radical (unpaired) electrons. The number of carbonyl (C=O) groups excluding carboxylic acids is 1. The number of nitrogens with zero attached hydrogens (tertiary/aromatic N) is 1. The largest absolute Gasteiger partial charge is 0.355 e. The van der Waals surface area contributed by atoms with Crippen LogP contribution in [0.2, 0.25) is 0 Å². The van der Waals surface area contributed by atoms with Crippen molar-refractivity contribution < 1.29 is 4.79 Å². The van der Waals surface area contributed by atoms with Gasteiger partial charge in [-0.25, -0.2) is 0 Å². The van der Waals surface area contributed by atoms with Crippen LogP contribution in [0, 0.1) is 11.3 Å². The summed E-state index contributed by atoms with van der Waals surface area (Å²) in [6.07, 6.45) is 4.09. The average Bonchev–Trinajstić information content (AvgIpc) is 2.47. The van der Waals surface area contributed by atoms with Crippen molar-refractivity contribution in [3.05, 3.63) is 0 Å². The molecule has 1 fully saturated rings. The molecular weight excluding hydrogens is 250 g/mol. The molecule has 1 saturated heterocycles. The number of carbonyl (C=O) groups is 1. The number of likely N-dealkylation sites (tertiary alicyclic amines) is 1. The van der Waals surface area contributed by atoms with Crippen molar-refractivity contribution in [2.75, 3.05) is 26.2 Å². The molecule has 4 nitrogen and oxygen atoms in total. The molecule has 0 aromatic rings. The van der Waals surface area contributed by atoms with E-state index in [1.807, 2.05) is 0 Å². The maximum absolute atomic E-state index is 12.4. The summed E-state index contributed by atoms with van der Waals surface area (Å²) in [5, 5.41) is 3.16. The van der Waals surface area contributed by atoms with E-state index in [-0.39, 0.29) is 11.3 Å². The molecule has 1 aliphatic rings. The first-order valence-electron chi connectivity index (χ1n) is 8.21. The predicted octanol–water partition coefficient (Wildman–Crippen LogP) is 1.99. The zero-order valence-electron chi connectivity index (χ0n) is 13.7. The summed E-state index contributed by atoms with van der Waals surface area (Å²) < 4.78 is 0. The van der Waals surface area contributed by atoms with Crippen molar-refractivity contribution in [2.24, 2.45) is 17.1 Å². The highest BCUT2D eigenvalue weighted by molar-refractivity contribution is 5.82. The van der Waals surface area contributed by atoms with Gasteiger partial charge < -0.3 is 16.0 Å². The first-order valence-corrected chi connectivity index (χ1v) is 8.21. The molecule has 1 rings (SSSR count). The Morgan fingerprint density at radius 3 is 2.55 bits per heavy atom. The quantitative estimate of drug-likeness (QED) is 0.751. The Kier molecular flexibility index (Phi) is 6.96. The van der Waals surface area contributed by atoms with Crippen LogP contribution in [0.5, 0.6) is 0 Å². The van der Waals surface area contributed by atoms with E-state index in [4.69, 9.17) is 5.73 Å². The van der Waals surface area contributed by atoms with Gasteiger partial charge in [0.05, 0.1) is 5.41 Å². The smallest absolute Gasteiger partial charge is 0.227 e. The van der Waals surface area contributed by atoms with E-state index < -0.39 is 0 Å². The lowest BCUT2D eigenvalue weighted by molar-refractivity contribution is -0.131. The fourth-order valence-corrected chi connectivity index (χ4v) is 3.11. The molecule has 0 spiro atoms. The van der Waals surface area contributed by atoms with Gasteiger partial charge in [-0.2, -0.15) is 0 Å². The lowest BCUT2D eigenvalue weighted by Crippen LogP contribution is -2.49. The minimum Gasteiger partial charge on any atom is -0.355 e. The molecule has 0 aliphatic carbocycles. The van der Waals surface area contributed by atoms with Crippen LogP contribution >= 0.6 is 0 Å². The molecular formula is C16H33N3O. The van der Waals surface area contributed by atoms with Crippen LogP contribution in [-0.2, 0) is 4.79 Å². The summed E-state index contributed by atoms with van der Waals surface area (Å²) in [5.41, 5.74) is 5.46. The topological polar surface area (TPSA) is 58.4 Å². The molecule has 0 aromatic carbocycles. The van der Waals surface area contributed by atoms with E-state index in [2.05, 4.69) is 37.9 Å². The predicted molar refractivity (Wildman–Crippen MR) is 84.5 cm³/mol. The summed E-state index contributed by atoms with van der Waals surface area (Å²) in [7, 11) is 0. The Balaban J connectivity index is 2.48. The Labute approximate surface area is 124 Å². The lowest BCUT2D eigenvalue weighted by Gasteiger charge is -2.36. The van der Waals surface area contributed by atoms with E-state index in [1.165, 1.54) is 19.4 Å². The van der Waals surface area contributed by atoms with E-state index in [0.29, 0.717) is 18.5 Å². The second kappa shape index (κ2) is 7.99. The molecule has 118 valence electrons. The minimum absolute atomic E-state index is 0.145. The zero-order valence-corrected chi connectivity index (χ0v) is 13.7. The molecule has 20 heavy (non-hydrogen) atoms. The van der Waals surface area contributed by atoms with Gasteiger partial charge in [-0.1, -0.05) is 13.8 Å². The average molecular weight is 283 g/mol. The number of nitrogens with two attached hydrogens (primary N) is 1. The third-order valence-electron chi connectivity index (χ3n) is 5.06. The van der Waals surface area contributed by atoms with Crippen LogP contribution in [0.1, 0.15) is 53.4 Å². The van der Waals surface area contributed by atoms with Crippen molar-refractivity contribution in [1.29, 1.82) is 0 Å². The minimum atomic E-state index is -0.369. The Morgan fingerprint density at radius 2 is 2.05 bits per heavy atom. The Morgan fingerprint density at radius 1 is 1.40 bits per heavy atom. The summed E-state index contributed by atoms with van der Waals surface area (Å²) in [5.74, 6) is 0.728. The number of amides is 1. The maximum atomic E-state index is 12.4. The number of piperidine rings is 1. The number of rotatable bonds is 7. The maximum Gasteiger partial charge on any atom is 0.227 e. The molecule has 1 heterocycles. The van der Waals surface area contributed by atoms with E-state index in [9.17, 15) is 4.79 Å². The SMILES string of the molecule is CCC(CC)(CN)C(=O)NCC1CCCN(C(C)C)C1. The first-order chi connectivity index (χ1) is 9.49. The summed E-state index contributed by atoms with van der Waals surface area (Å²) in [6.45, 7) is 12.1. The van der Waals surface area contributed by atoms with Crippen molar-refractivity contribution in [3.63, 3.8) is 0 Å². The van der Waals surface area contributed by atoms with Gasteiger partial charge in [0.15, 0.2) is 0 Å². The van der Waals surface area contributed by atoms with Crippen LogP contribution in [0.25, 0.3) is 0 Å². The molecule has 0 bridgehead atoms. The van der Waals surface area contributed by atoms with Gasteiger partial charge in [-0.05, 0) is 52.0 Å². The number of hydrogen-bond donors (Lipinski definition) is 2. The summed E-state index contributed by atoms with van der Waals surface area (Å²) in [4.78, 5) is 14.9. The van der Waals surface area contributed by atoms with Crippen LogP contribution < -0.4 is 11.1 Å². The molecule has 0 aromatic heterocycles. The molecule has 4 heteroatoms. The van der Waals surface area contributed by atoms with Crippen LogP contribution in [0.4, 0.5) is 0 Å². The van der Waals surface area contributed by atoms with Gasteiger partial charge in [0.2, 0.25) is 5.91 Å². The third-order valence-corrected chi connectivity index (χ3v) is 5.06. The van der Waals surface area contributed by atoms with Crippen molar-refractivity contribution in [1.82, 2.24) is 10.2 Å². The van der Waals surface area contributed by atoms with Gasteiger partial charge in [-0.15, -0.1) is 0 Å². The van der Waals surface area contributed by atoms with E-state index >= 15 is 0 Å². The highest BCUT2D eigenvalue weighted by atomic mass is 16.2. The van der Waals surface area contributed by atoms with E-state index in [0.717, 1.165) is 25.9 Å². The molecule has 0 saturated carbocycles. The zero-order chi connectivity index (χ0) is 15.2. The van der Waals surface area contributed by atoms with Crippen molar-refractivity contribution >= 4 is 5.91 Å². The van der Waals surface area contributed by atoms with Crippen LogP contribution in [-0.4, -0.2) is 43.0 Å². The number of hydrogen-bond acceptors (Lipinski definition) is 3. The monoisotopic (exact) mass is 283 g/mol. The third kappa shape index (κ3) is 4.19. The Bertz CT molecular complexity index is 292. The Hall–Kier alpha value is -0.610. The van der Waals surface area contributed by atoms with Gasteiger partial charge in [0, 0.05) is 25.7 Å². The van der Waals surface area contributed by atoms with Crippen LogP contribution in [0.3, 0.4) is 0 Å². The second-order valence-corrected chi connectivity index (χ2v) is 6.50. The normalized spacial score (nSPS) is 21.2. The van der Waals surface area contributed by atoms with Gasteiger partial charge >= 0.3 is 0 Å². The fraction of sp³-hybridized carbons (Fsp3) is 0.938. The van der Waals surface area contributed by atoms with Gasteiger partial charge in [-0.3, -0.25) is 4.79 Å². The highest BCUT2D eigenvalue weighted by Gasteiger charge is 2.33. The molecule has 1 aliphatic heterocycles. The standard InChI is InChI=1S/C16H33N3O/c1-5-16(6-2,12-17)15(20)18-10-14-8-7-9-19(11-14)13(3)4/h13-14H,5-12,17H2,1-4H3,(H,18,20). The van der Waals surface area contributed by atoms with Crippen molar-refractivity contribution in [2.45, 2.75) is 59.4 Å². The fourth-order valence-electron chi connectivity index (χ4n) is 3.11. The number of nitrogens with one attached hydrogen (secondary N) is 1. The van der Waals surface area contributed by atoms with Gasteiger partial charge in [0.25, 0.3) is 0 Å². The molecule has 1 amide bonds.